The highest BCUT2D eigenvalue weighted by atomic mass is 16.5. The molecule has 2 aliphatic rings. The number of ether oxygens (including phenoxy) is 2. The molecule has 7 heteroatoms. The van der Waals surface area contributed by atoms with Crippen LogP contribution in [-0.2, 0) is 16.0 Å². The summed E-state index contributed by atoms with van der Waals surface area (Å²) in [6.45, 7) is 16.0. The van der Waals surface area contributed by atoms with Crippen LogP contribution in [0.1, 0.15) is 26.3 Å². The van der Waals surface area contributed by atoms with Crippen molar-refractivity contribution in [3.63, 3.8) is 0 Å². The van der Waals surface area contributed by atoms with Crippen molar-refractivity contribution in [3.8, 4) is 0 Å². The molecule has 2 aliphatic heterocycles. The van der Waals surface area contributed by atoms with Crippen LogP contribution in [0.15, 0.2) is 29.3 Å². The van der Waals surface area contributed by atoms with E-state index in [9.17, 15) is 0 Å². The van der Waals surface area contributed by atoms with Crippen LogP contribution < -0.4 is 15.5 Å². The van der Waals surface area contributed by atoms with Crippen LogP contribution in [0.4, 0.5) is 5.69 Å². The van der Waals surface area contributed by atoms with Crippen LogP contribution >= 0.6 is 0 Å². The first-order valence-corrected chi connectivity index (χ1v) is 10.9. The number of nitrogens with zero attached hydrogens (tertiary/aromatic N) is 3. The summed E-state index contributed by atoms with van der Waals surface area (Å²) >= 11 is 0. The molecular weight excluding hydrogens is 366 g/mol. The molecule has 0 saturated carbocycles. The number of morpholine rings is 2. The quantitative estimate of drug-likeness (QED) is 0.534. The van der Waals surface area contributed by atoms with Crippen molar-refractivity contribution in [2.45, 2.75) is 32.9 Å². The van der Waals surface area contributed by atoms with Crippen LogP contribution in [0.2, 0.25) is 0 Å². The molecule has 2 saturated heterocycles. The second-order valence-electron chi connectivity index (χ2n) is 8.19. The normalized spacial score (nSPS) is 19.3. The number of aliphatic imine (C=N–C) groups is 1. The lowest BCUT2D eigenvalue weighted by Crippen LogP contribution is -2.56. The topological polar surface area (TPSA) is 61.4 Å². The van der Waals surface area contributed by atoms with Gasteiger partial charge in [-0.05, 0) is 32.4 Å². The van der Waals surface area contributed by atoms with E-state index in [1.54, 1.807) is 0 Å². The molecule has 0 bridgehead atoms. The first kappa shape index (κ1) is 21.9. The van der Waals surface area contributed by atoms with Gasteiger partial charge in [-0.15, -0.1) is 0 Å². The van der Waals surface area contributed by atoms with Gasteiger partial charge in [0.25, 0.3) is 0 Å². The second kappa shape index (κ2) is 10.8. The Kier molecular flexibility index (Phi) is 8.15. The summed E-state index contributed by atoms with van der Waals surface area (Å²) in [7, 11) is 0. The zero-order chi connectivity index (χ0) is 20.5. The highest BCUT2D eigenvalue weighted by molar-refractivity contribution is 5.80. The predicted molar refractivity (Wildman–Crippen MR) is 119 cm³/mol. The molecule has 162 valence electrons. The highest BCUT2D eigenvalue weighted by Crippen LogP contribution is 2.22. The van der Waals surface area contributed by atoms with Gasteiger partial charge in [-0.3, -0.25) is 4.90 Å². The molecule has 0 aromatic heterocycles. The fraction of sp³-hybridized carbons (Fsp3) is 0.682. The number of para-hydroxylation sites is 1. The predicted octanol–water partition coefficient (Wildman–Crippen LogP) is 1.69. The first-order valence-electron chi connectivity index (χ1n) is 10.9. The zero-order valence-corrected chi connectivity index (χ0v) is 18.2. The Morgan fingerprint density at radius 1 is 1.00 bits per heavy atom. The molecule has 0 spiro atoms. The van der Waals surface area contributed by atoms with Gasteiger partial charge in [0.15, 0.2) is 5.96 Å². The summed E-state index contributed by atoms with van der Waals surface area (Å²) in [5.41, 5.74) is 2.56. The Hall–Kier alpha value is -1.83. The molecule has 0 amide bonds. The van der Waals surface area contributed by atoms with Crippen molar-refractivity contribution >= 4 is 11.6 Å². The van der Waals surface area contributed by atoms with Crippen molar-refractivity contribution in [1.82, 2.24) is 15.5 Å². The molecule has 0 atom stereocenters. The summed E-state index contributed by atoms with van der Waals surface area (Å²) in [5, 5.41) is 6.94. The molecule has 3 rings (SSSR count). The zero-order valence-electron chi connectivity index (χ0n) is 18.2. The van der Waals surface area contributed by atoms with E-state index in [-0.39, 0.29) is 5.54 Å². The van der Waals surface area contributed by atoms with Gasteiger partial charge in [-0.2, -0.15) is 0 Å². The lowest BCUT2D eigenvalue weighted by molar-refractivity contribution is -0.00834. The largest absolute Gasteiger partial charge is 0.379 e. The summed E-state index contributed by atoms with van der Waals surface area (Å²) < 4.78 is 11.0. The fourth-order valence-electron chi connectivity index (χ4n) is 3.84. The van der Waals surface area contributed by atoms with Crippen LogP contribution in [0.5, 0.6) is 0 Å². The van der Waals surface area contributed by atoms with Gasteiger partial charge in [0.1, 0.15) is 0 Å². The van der Waals surface area contributed by atoms with Crippen molar-refractivity contribution in [2.24, 2.45) is 4.99 Å². The summed E-state index contributed by atoms with van der Waals surface area (Å²) in [5.74, 6) is 0.866. The van der Waals surface area contributed by atoms with E-state index in [0.29, 0.717) is 6.54 Å². The molecule has 0 radical (unpaired) electrons. The van der Waals surface area contributed by atoms with Gasteiger partial charge in [-0.1, -0.05) is 18.2 Å². The number of guanidine groups is 1. The Morgan fingerprint density at radius 3 is 2.34 bits per heavy atom. The minimum Gasteiger partial charge on any atom is -0.379 e. The van der Waals surface area contributed by atoms with E-state index in [0.717, 1.165) is 71.7 Å². The molecule has 2 heterocycles. The minimum atomic E-state index is 0.0473. The maximum Gasteiger partial charge on any atom is 0.191 e. The third kappa shape index (κ3) is 6.32. The summed E-state index contributed by atoms with van der Waals surface area (Å²) in [6.07, 6.45) is 0. The smallest absolute Gasteiger partial charge is 0.191 e. The van der Waals surface area contributed by atoms with E-state index in [1.165, 1.54) is 11.3 Å². The van der Waals surface area contributed by atoms with Crippen LogP contribution in [0.25, 0.3) is 0 Å². The number of hydrogen-bond donors (Lipinski definition) is 2. The number of rotatable bonds is 7. The molecule has 2 N–H and O–H groups in total. The van der Waals surface area contributed by atoms with E-state index in [4.69, 9.17) is 14.5 Å². The monoisotopic (exact) mass is 403 g/mol. The third-order valence-corrected chi connectivity index (χ3v) is 5.65. The molecule has 1 aromatic carbocycles. The number of nitrogens with one attached hydrogen (secondary N) is 2. The maximum atomic E-state index is 5.50. The van der Waals surface area contributed by atoms with Gasteiger partial charge < -0.3 is 25.0 Å². The van der Waals surface area contributed by atoms with Crippen LogP contribution in [0, 0.1) is 0 Å². The summed E-state index contributed by atoms with van der Waals surface area (Å²) in [4.78, 5) is 9.77. The Morgan fingerprint density at radius 2 is 1.66 bits per heavy atom. The lowest BCUT2D eigenvalue weighted by Gasteiger charge is -2.41. The molecule has 7 nitrogen and oxygen atoms in total. The second-order valence-corrected chi connectivity index (χ2v) is 8.19. The van der Waals surface area contributed by atoms with Crippen molar-refractivity contribution in [3.05, 3.63) is 29.8 Å². The van der Waals surface area contributed by atoms with Crippen LogP contribution in [-0.4, -0.2) is 82.1 Å². The lowest BCUT2D eigenvalue weighted by atomic mass is 10.0. The van der Waals surface area contributed by atoms with E-state index in [1.807, 2.05) is 0 Å². The number of benzene rings is 1. The van der Waals surface area contributed by atoms with Gasteiger partial charge in [0, 0.05) is 50.5 Å². The first-order chi connectivity index (χ1) is 14.1. The van der Waals surface area contributed by atoms with Gasteiger partial charge in [0.05, 0.1) is 33.0 Å². The highest BCUT2D eigenvalue weighted by Gasteiger charge is 2.28. The average Bonchev–Trinajstić information content (AvgIpc) is 2.77. The SMILES string of the molecule is CCNC(=NCc1ccccc1N1CCOCC1)NCC(C)(C)N1CCOCC1. The molecule has 29 heavy (non-hydrogen) atoms. The Balaban J connectivity index is 1.63. The van der Waals surface area contributed by atoms with Crippen molar-refractivity contribution in [1.29, 1.82) is 0 Å². The van der Waals surface area contributed by atoms with Gasteiger partial charge >= 0.3 is 0 Å². The molecular formula is C22H37N5O2. The number of hydrogen-bond acceptors (Lipinski definition) is 5. The Bertz CT molecular complexity index is 652. The number of anilines is 1. The fourth-order valence-corrected chi connectivity index (χ4v) is 3.84. The van der Waals surface area contributed by atoms with Gasteiger partial charge in [0.2, 0.25) is 0 Å². The molecule has 0 aliphatic carbocycles. The molecule has 0 unspecified atom stereocenters. The molecule has 1 aromatic rings. The van der Waals surface area contributed by atoms with Crippen molar-refractivity contribution < 1.29 is 9.47 Å². The Labute approximate surface area is 175 Å². The average molecular weight is 404 g/mol. The third-order valence-electron chi connectivity index (χ3n) is 5.65. The minimum absolute atomic E-state index is 0.0473. The van der Waals surface area contributed by atoms with Gasteiger partial charge in [-0.25, -0.2) is 4.99 Å². The van der Waals surface area contributed by atoms with Crippen LogP contribution in [0.3, 0.4) is 0 Å². The van der Waals surface area contributed by atoms with E-state index >= 15 is 0 Å². The van der Waals surface area contributed by atoms with Crippen molar-refractivity contribution in [2.75, 3.05) is 70.6 Å². The van der Waals surface area contributed by atoms with E-state index in [2.05, 4.69) is 65.5 Å². The standard InChI is InChI=1S/C22H37N5O2/c1-4-23-21(25-18-22(2,3)27-11-15-29-16-12-27)24-17-19-7-5-6-8-20(19)26-9-13-28-14-10-26/h5-8H,4,9-18H2,1-3H3,(H2,23,24,25). The van der Waals surface area contributed by atoms with E-state index < -0.39 is 0 Å². The maximum absolute atomic E-state index is 5.50. The molecule has 2 fully saturated rings. The summed E-state index contributed by atoms with van der Waals surface area (Å²) in [6, 6.07) is 8.57.